The molecule has 0 unspecified atom stereocenters. The average molecular weight is 476 g/mol. The Morgan fingerprint density at radius 2 is 1.79 bits per heavy atom. The number of ether oxygens (including phenoxy) is 3. The summed E-state index contributed by atoms with van der Waals surface area (Å²) in [6.07, 6.45) is -0.0665. The van der Waals surface area contributed by atoms with E-state index in [0.717, 1.165) is 0 Å². The van der Waals surface area contributed by atoms with Crippen molar-refractivity contribution in [3.8, 4) is 11.5 Å². The van der Waals surface area contributed by atoms with Crippen molar-refractivity contribution in [3.05, 3.63) is 53.1 Å². The van der Waals surface area contributed by atoms with E-state index in [9.17, 15) is 19.2 Å². The van der Waals surface area contributed by atoms with E-state index in [-0.39, 0.29) is 24.4 Å². The molecule has 1 aliphatic rings. The van der Waals surface area contributed by atoms with Crippen molar-refractivity contribution in [2.24, 2.45) is 5.92 Å². The topological polar surface area (TPSA) is 123 Å². The van der Waals surface area contributed by atoms with Gasteiger partial charge in [0.15, 0.2) is 6.61 Å². The van der Waals surface area contributed by atoms with Crippen LogP contribution in [0, 0.1) is 5.92 Å². The number of nitrogens with one attached hydrogen (secondary N) is 2. The molecular weight excluding hydrogens is 454 g/mol. The first-order chi connectivity index (χ1) is 15.8. The van der Waals surface area contributed by atoms with Gasteiger partial charge in [0.2, 0.25) is 5.91 Å². The van der Waals surface area contributed by atoms with Crippen LogP contribution in [-0.4, -0.2) is 51.1 Å². The number of halogens is 1. The molecule has 0 aliphatic carbocycles. The predicted octanol–water partition coefficient (Wildman–Crippen LogP) is 1.71. The van der Waals surface area contributed by atoms with E-state index in [0.29, 0.717) is 22.2 Å². The first kappa shape index (κ1) is 23.9. The van der Waals surface area contributed by atoms with Crippen LogP contribution in [0.5, 0.6) is 11.5 Å². The Morgan fingerprint density at radius 1 is 1.06 bits per heavy atom. The maximum atomic E-state index is 12.5. The SMILES string of the molecule is COc1ccc(N2C[C@H](C(=O)OCC(=O)NNC(=O)c3ccc(Cl)cc3)CC2=O)c(OC)c1. The van der Waals surface area contributed by atoms with E-state index >= 15 is 0 Å². The minimum Gasteiger partial charge on any atom is -0.497 e. The summed E-state index contributed by atoms with van der Waals surface area (Å²) in [6, 6.07) is 11.0. The minimum atomic E-state index is -0.749. The fourth-order valence-corrected chi connectivity index (χ4v) is 3.32. The van der Waals surface area contributed by atoms with E-state index in [4.69, 9.17) is 25.8 Å². The second-order valence-corrected chi connectivity index (χ2v) is 7.50. The van der Waals surface area contributed by atoms with E-state index in [2.05, 4.69) is 10.9 Å². The molecule has 1 saturated heterocycles. The highest BCUT2D eigenvalue weighted by atomic mass is 35.5. The lowest BCUT2D eigenvalue weighted by molar-refractivity contribution is -0.152. The predicted molar refractivity (Wildman–Crippen MR) is 118 cm³/mol. The van der Waals surface area contributed by atoms with Crippen LogP contribution >= 0.6 is 11.6 Å². The number of nitrogens with zero attached hydrogens (tertiary/aromatic N) is 1. The minimum absolute atomic E-state index is 0.0665. The van der Waals surface area contributed by atoms with Gasteiger partial charge in [-0.1, -0.05) is 11.6 Å². The van der Waals surface area contributed by atoms with Gasteiger partial charge >= 0.3 is 5.97 Å². The van der Waals surface area contributed by atoms with Crippen LogP contribution < -0.4 is 25.2 Å². The third-order valence-electron chi connectivity index (χ3n) is 4.90. The lowest BCUT2D eigenvalue weighted by Crippen LogP contribution is -2.43. The molecule has 2 aromatic carbocycles. The van der Waals surface area contributed by atoms with E-state index < -0.39 is 30.3 Å². The van der Waals surface area contributed by atoms with Gasteiger partial charge in [0.1, 0.15) is 11.5 Å². The third-order valence-corrected chi connectivity index (χ3v) is 5.16. The van der Waals surface area contributed by atoms with Crippen LogP contribution in [0.4, 0.5) is 5.69 Å². The Balaban J connectivity index is 1.50. The largest absolute Gasteiger partial charge is 0.497 e. The van der Waals surface area contributed by atoms with Gasteiger partial charge in [0.05, 0.1) is 25.8 Å². The molecule has 11 heteroatoms. The molecule has 2 N–H and O–H groups in total. The van der Waals surface area contributed by atoms with Crippen LogP contribution in [0.1, 0.15) is 16.8 Å². The van der Waals surface area contributed by atoms with Crippen molar-refractivity contribution in [1.29, 1.82) is 0 Å². The molecule has 1 heterocycles. The molecule has 3 rings (SSSR count). The fourth-order valence-electron chi connectivity index (χ4n) is 3.20. The van der Waals surface area contributed by atoms with Gasteiger partial charge < -0.3 is 19.1 Å². The third kappa shape index (κ3) is 5.92. The fraction of sp³-hybridized carbons (Fsp3) is 0.273. The standard InChI is InChI=1S/C22H22ClN3O7/c1-31-16-7-8-17(18(10-16)32-2)26-11-14(9-20(26)28)22(30)33-12-19(27)24-25-21(29)13-3-5-15(23)6-4-13/h3-8,10,14H,9,11-12H2,1-2H3,(H,24,27)(H,25,29)/t14-/m1/s1. The van der Waals surface area contributed by atoms with Crippen molar-refractivity contribution < 1.29 is 33.4 Å². The Kier molecular flexibility index (Phi) is 7.73. The summed E-state index contributed by atoms with van der Waals surface area (Å²) in [5, 5.41) is 0.469. The number of hydrogen-bond acceptors (Lipinski definition) is 7. The average Bonchev–Trinajstić information content (AvgIpc) is 3.22. The maximum Gasteiger partial charge on any atom is 0.311 e. The first-order valence-corrected chi connectivity index (χ1v) is 10.2. The number of hydrazine groups is 1. The molecule has 1 aliphatic heterocycles. The summed E-state index contributed by atoms with van der Waals surface area (Å²) in [5.41, 5.74) is 5.15. The molecule has 3 amide bonds. The smallest absolute Gasteiger partial charge is 0.311 e. The summed E-state index contributed by atoms with van der Waals surface area (Å²) in [5.74, 6) is -2.03. The van der Waals surface area contributed by atoms with E-state index in [1.165, 1.54) is 43.4 Å². The monoisotopic (exact) mass is 475 g/mol. The Hall–Kier alpha value is -3.79. The number of methoxy groups -OCH3 is 2. The molecule has 0 aromatic heterocycles. The van der Waals surface area contributed by atoms with E-state index in [1.807, 2.05) is 0 Å². The van der Waals surface area contributed by atoms with Crippen LogP contribution in [0.15, 0.2) is 42.5 Å². The highest BCUT2D eigenvalue weighted by Crippen LogP contribution is 2.36. The summed E-state index contributed by atoms with van der Waals surface area (Å²) in [6.45, 7) is -0.536. The first-order valence-electron chi connectivity index (χ1n) is 9.86. The van der Waals surface area contributed by atoms with Crippen molar-refractivity contribution in [2.75, 3.05) is 32.3 Å². The zero-order valence-electron chi connectivity index (χ0n) is 17.9. The number of carbonyl (C=O) groups is 4. The quantitative estimate of drug-likeness (QED) is 0.461. The van der Waals surface area contributed by atoms with Gasteiger partial charge in [-0.25, -0.2) is 0 Å². The van der Waals surface area contributed by atoms with Gasteiger partial charge in [-0.2, -0.15) is 0 Å². The highest BCUT2D eigenvalue weighted by molar-refractivity contribution is 6.30. The number of amides is 3. The molecule has 0 radical (unpaired) electrons. The second-order valence-electron chi connectivity index (χ2n) is 7.06. The number of esters is 1. The van der Waals surface area contributed by atoms with Gasteiger partial charge in [-0.05, 0) is 36.4 Å². The number of hydrogen-bond donors (Lipinski definition) is 2. The highest BCUT2D eigenvalue weighted by Gasteiger charge is 2.37. The molecule has 0 bridgehead atoms. The van der Waals surface area contributed by atoms with Gasteiger partial charge in [-0.15, -0.1) is 0 Å². The number of anilines is 1. The lowest BCUT2D eigenvalue weighted by atomic mass is 10.1. The second kappa shape index (κ2) is 10.7. The van der Waals surface area contributed by atoms with Gasteiger partial charge in [0.25, 0.3) is 11.8 Å². The van der Waals surface area contributed by atoms with Crippen LogP contribution in [0.3, 0.4) is 0 Å². The zero-order chi connectivity index (χ0) is 24.0. The molecule has 0 spiro atoms. The van der Waals surface area contributed by atoms with E-state index in [1.54, 1.807) is 18.2 Å². The number of benzene rings is 2. The molecule has 1 atom stereocenters. The van der Waals surface area contributed by atoms with Gasteiger partial charge in [-0.3, -0.25) is 30.0 Å². The van der Waals surface area contributed by atoms with Crippen LogP contribution in [0.2, 0.25) is 5.02 Å². The molecular formula is C22H22ClN3O7. The molecule has 174 valence electrons. The maximum absolute atomic E-state index is 12.5. The Bertz CT molecular complexity index is 1060. The summed E-state index contributed by atoms with van der Waals surface area (Å²) < 4.78 is 15.5. The van der Waals surface area contributed by atoms with Gasteiger partial charge in [0, 0.05) is 29.6 Å². The zero-order valence-corrected chi connectivity index (χ0v) is 18.7. The summed E-state index contributed by atoms with van der Waals surface area (Å²) in [4.78, 5) is 50.2. The van der Waals surface area contributed by atoms with Crippen molar-refractivity contribution >= 4 is 41.0 Å². The van der Waals surface area contributed by atoms with Crippen LogP contribution in [-0.2, 0) is 19.1 Å². The van der Waals surface area contributed by atoms with Crippen molar-refractivity contribution in [1.82, 2.24) is 10.9 Å². The molecule has 0 saturated carbocycles. The number of carbonyl (C=O) groups excluding carboxylic acids is 4. The summed E-state index contributed by atoms with van der Waals surface area (Å²) >= 11 is 5.76. The Labute approximate surface area is 194 Å². The molecule has 2 aromatic rings. The summed E-state index contributed by atoms with van der Waals surface area (Å²) in [7, 11) is 2.98. The normalized spacial score (nSPS) is 15.1. The van der Waals surface area contributed by atoms with Crippen molar-refractivity contribution in [3.63, 3.8) is 0 Å². The lowest BCUT2D eigenvalue weighted by Gasteiger charge is -2.20. The Morgan fingerprint density at radius 3 is 2.45 bits per heavy atom. The van der Waals surface area contributed by atoms with Crippen molar-refractivity contribution in [2.45, 2.75) is 6.42 Å². The molecule has 1 fully saturated rings. The molecule has 10 nitrogen and oxygen atoms in total. The van der Waals surface area contributed by atoms with Crippen LogP contribution in [0.25, 0.3) is 0 Å². The number of rotatable bonds is 7. The molecule has 33 heavy (non-hydrogen) atoms.